The van der Waals surface area contributed by atoms with Crippen LogP contribution in [0, 0.1) is 0 Å². The van der Waals surface area contributed by atoms with Crippen molar-refractivity contribution in [2.75, 3.05) is 31.0 Å². The van der Waals surface area contributed by atoms with Crippen LogP contribution in [0.3, 0.4) is 0 Å². The van der Waals surface area contributed by atoms with E-state index in [-0.39, 0.29) is 12.5 Å². The predicted molar refractivity (Wildman–Crippen MR) is 110 cm³/mol. The normalized spacial score (nSPS) is 14.0. The fourth-order valence-corrected chi connectivity index (χ4v) is 3.76. The molecule has 0 aromatic heterocycles. The van der Waals surface area contributed by atoms with E-state index in [0.29, 0.717) is 45.6 Å². The summed E-state index contributed by atoms with van der Waals surface area (Å²) in [6.45, 7) is 2.33. The van der Waals surface area contributed by atoms with Gasteiger partial charge in [-0.1, -0.05) is 12.1 Å². The number of imide groups is 1. The molecule has 2 aromatic rings. The highest BCUT2D eigenvalue weighted by Crippen LogP contribution is 2.39. The van der Waals surface area contributed by atoms with Crippen molar-refractivity contribution in [1.29, 1.82) is 0 Å². The van der Waals surface area contributed by atoms with Crippen molar-refractivity contribution in [1.82, 2.24) is 0 Å². The number of aliphatic hydroxyl groups is 1. The van der Waals surface area contributed by atoms with Crippen molar-refractivity contribution in [2.45, 2.75) is 6.92 Å². The Hall–Kier alpha value is -2.77. The van der Waals surface area contributed by atoms with E-state index in [0.717, 1.165) is 4.90 Å². The van der Waals surface area contributed by atoms with Crippen LogP contribution in [-0.4, -0.2) is 43.0 Å². The Morgan fingerprint density at radius 3 is 2.18 bits per heavy atom. The second-order valence-electron chi connectivity index (χ2n) is 5.88. The number of methoxy groups -OCH3 is 1. The van der Waals surface area contributed by atoms with Crippen molar-refractivity contribution in [3.63, 3.8) is 0 Å². The topological polar surface area (TPSA) is 76.1 Å². The molecule has 0 bridgehead atoms. The minimum absolute atomic E-state index is 0.0887. The molecule has 0 saturated heterocycles. The first-order chi connectivity index (χ1) is 13.6. The average Bonchev–Trinajstić information content (AvgIpc) is 2.97. The third-order valence-corrected chi connectivity index (χ3v) is 5.22. The first-order valence-electron chi connectivity index (χ1n) is 8.84. The molecular formula is C21H21NO5S. The molecule has 6 nitrogen and oxygen atoms in total. The molecule has 28 heavy (non-hydrogen) atoms. The second kappa shape index (κ2) is 8.95. The molecule has 0 saturated carbocycles. The van der Waals surface area contributed by atoms with Gasteiger partial charge in [-0.3, -0.25) is 9.59 Å². The minimum Gasteiger partial charge on any atom is -0.497 e. The van der Waals surface area contributed by atoms with Crippen LogP contribution in [0.5, 0.6) is 11.5 Å². The van der Waals surface area contributed by atoms with Gasteiger partial charge in [-0.05, 0) is 48.9 Å². The van der Waals surface area contributed by atoms with E-state index in [2.05, 4.69) is 0 Å². The molecule has 1 heterocycles. The van der Waals surface area contributed by atoms with Crippen LogP contribution in [0.4, 0.5) is 5.69 Å². The van der Waals surface area contributed by atoms with Crippen LogP contribution in [0.1, 0.15) is 12.5 Å². The molecule has 7 heteroatoms. The lowest BCUT2D eigenvalue weighted by atomic mass is 10.1. The van der Waals surface area contributed by atoms with E-state index in [1.807, 2.05) is 6.92 Å². The first-order valence-corrected chi connectivity index (χ1v) is 9.83. The molecule has 0 unspecified atom stereocenters. The number of hydrogen-bond acceptors (Lipinski definition) is 6. The Morgan fingerprint density at radius 2 is 1.61 bits per heavy atom. The van der Waals surface area contributed by atoms with Gasteiger partial charge in [0.05, 0.1) is 36.5 Å². The van der Waals surface area contributed by atoms with E-state index in [4.69, 9.17) is 9.47 Å². The first kappa shape index (κ1) is 20.0. The molecule has 0 spiro atoms. The lowest BCUT2D eigenvalue weighted by Gasteiger charge is -2.16. The SMILES string of the molecule is CCOc1ccc(N2C(=O)C(SCCO)=C(c3ccc(OC)cc3)C2=O)cc1. The largest absolute Gasteiger partial charge is 0.497 e. The number of amides is 2. The molecule has 146 valence electrons. The van der Waals surface area contributed by atoms with Crippen LogP contribution in [0.25, 0.3) is 5.57 Å². The zero-order valence-electron chi connectivity index (χ0n) is 15.7. The van der Waals surface area contributed by atoms with Crippen LogP contribution in [0.2, 0.25) is 0 Å². The number of ether oxygens (including phenoxy) is 2. The van der Waals surface area contributed by atoms with Gasteiger partial charge in [-0.15, -0.1) is 11.8 Å². The lowest BCUT2D eigenvalue weighted by molar-refractivity contribution is -0.119. The van der Waals surface area contributed by atoms with Gasteiger partial charge in [0, 0.05) is 5.75 Å². The Kier molecular flexibility index (Phi) is 6.38. The van der Waals surface area contributed by atoms with E-state index >= 15 is 0 Å². The van der Waals surface area contributed by atoms with Crippen LogP contribution in [0.15, 0.2) is 53.4 Å². The monoisotopic (exact) mass is 399 g/mol. The van der Waals surface area contributed by atoms with Gasteiger partial charge in [0.1, 0.15) is 11.5 Å². The summed E-state index contributed by atoms with van der Waals surface area (Å²) in [5.41, 5.74) is 1.44. The van der Waals surface area contributed by atoms with E-state index < -0.39 is 5.91 Å². The third-order valence-electron chi connectivity index (χ3n) is 4.16. The molecular weight excluding hydrogens is 378 g/mol. The summed E-state index contributed by atoms with van der Waals surface area (Å²) in [7, 11) is 1.56. The number of carbonyl (C=O) groups is 2. The molecule has 2 amide bonds. The fourth-order valence-electron chi connectivity index (χ4n) is 2.90. The summed E-state index contributed by atoms with van der Waals surface area (Å²) in [6.07, 6.45) is 0. The maximum Gasteiger partial charge on any atom is 0.272 e. The van der Waals surface area contributed by atoms with Crippen LogP contribution >= 0.6 is 11.8 Å². The number of anilines is 1. The van der Waals surface area contributed by atoms with Gasteiger partial charge in [0.25, 0.3) is 11.8 Å². The number of benzene rings is 2. The highest BCUT2D eigenvalue weighted by Gasteiger charge is 2.40. The molecule has 0 radical (unpaired) electrons. The summed E-state index contributed by atoms with van der Waals surface area (Å²) >= 11 is 1.18. The Morgan fingerprint density at radius 1 is 0.964 bits per heavy atom. The number of aliphatic hydroxyl groups excluding tert-OH is 1. The summed E-state index contributed by atoms with van der Waals surface area (Å²) in [4.78, 5) is 27.7. The van der Waals surface area contributed by atoms with E-state index in [9.17, 15) is 14.7 Å². The van der Waals surface area contributed by atoms with E-state index in [1.165, 1.54) is 11.8 Å². The highest BCUT2D eigenvalue weighted by atomic mass is 32.2. The summed E-state index contributed by atoms with van der Waals surface area (Å²) < 4.78 is 10.6. The molecule has 0 aliphatic carbocycles. The maximum atomic E-state index is 13.2. The number of carbonyl (C=O) groups excluding carboxylic acids is 2. The van der Waals surface area contributed by atoms with Crippen LogP contribution in [-0.2, 0) is 9.59 Å². The smallest absolute Gasteiger partial charge is 0.272 e. The number of thioether (sulfide) groups is 1. The lowest BCUT2D eigenvalue weighted by Crippen LogP contribution is -2.31. The highest BCUT2D eigenvalue weighted by molar-refractivity contribution is 8.04. The van der Waals surface area contributed by atoms with Gasteiger partial charge in [-0.25, -0.2) is 4.90 Å². The van der Waals surface area contributed by atoms with E-state index in [1.54, 1.807) is 55.6 Å². The number of nitrogens with zero attached hydrogens (tertiary/aromatic N) is 1. The molecule has 1 N–H and O–H groups in total. The molecule has 2 aromatic carbocycles. The van der Waals surface area contributed by atoms with Gasteiger partial charge >= 0.3 is 0 Å². The van der Waals surface area contributed by atoms with Crippen molar-refractivity contribution in [3.05, 3.63) is 59.0 Å². The Labute approximate surface area is 167 Å². The fraction of sp³-hybridized carbons (Fsp3) is 0.238. The minimum atomic E-state index is -0.390. The van der Waals surface area contributed by atoms with Crippen molar-refractivity contribution < 1.29 is 24.2 Å². The zero-order chi connectivity index (χ0) is 20.1. The zero-order valence-corrected chi connectivity index (χ0v) is 16.5. The quantitative estimate of drug-likeness (QED) is 0.688. The average molecular weight is 399 g/mol. The Bertz CT molecular complexity index is 890. The molecule has 1 aliphatic rings. The van der Waals surface area contributed by atoms with Gasteiger partial charge in [-0.2, -0.15) is 0 Å². The molecule has 3 rings (SSSR count). The number of rotatable bonds is 8. The molecule has 0 atom stereocenters. The van der Waals surface area contributed by atoms with Crippen molar-refractivity contribution in [2.24, 2.45) is 0 Å². The number of hydrogen-bond donors (Lipinski definition) is 1. The van der Waals surface area contributed by atoms with Gasteiger partial charge < -0.3 is 14.6 Å². The summed E-state index contributed by atoms with van der Waals surface area (Å²) in [5.74, 6) is 0.876. The summed E-state index contributed by atoms with van der Waals surface area (Å²) in [6, 6.07) is 13.8. The van der Waals surface area contributed by atoms with Crippen molar-refractivity contribution in [3.8, 4) is 11.5 Å². The third kappa shape index (κ3) is 3.90. The molecule has 1 aliphatic heterocycles. The van der Waals surface area contributed by atoms with Gasteiger partial charge in [0.15, 0.2) is 0 Å². The Balaban J connectivity index is 1.98. The van der Waals surface area contributed by atoms with Gasteiger partial charge in [0.2, 0.25) is 0 Å². The maximum absolute atomic E-state index is 13.2. The second-order valence-corrected chi connectivity index (χ2v) is 6.98. The summed E-state index contributed by atoms with van der Waals surface area (Å²) in [5, 5.41) is 9.18. The standard InChI is InChI=1S/C21H21NO5S/c1-3-27-17-10-6-15(7-11-17)22-20(24)18(19(21(22)25)28-13-12-23)14-4-8-16(26-2)9-5-14/h4-11,23H,3,12-13H2,1-2H3. The molecule has 0 fully saturated rings. The predicted octanol–water partition coefficient (Wildman–Crippen LogP) is 3.10. The van der Waals surface area contributed by atoms with Crippen molar-refractivity contribution >= 4 is 34.8 Å². The van der Waals surface area contributed by atoms with Crippen LogP contribution < -0.4 is 14.4 Å².